The van der Waals surface area contributed by atoms with E-state index in [1.54, 1.807) is 13.2 Å². The molecule has 1 aromatic heterocycles. The molecule has 108 valence electrons. The monoisotopic (exact) mass is 285 g/mol. The molecule has 2 N–H and O–H groups in total. The Morgan fingerprint density at radius 2 is 1.95 bits per heavy atom. The number of para-hydroxylation sites is 1. The molecule has 0 aliphatic carbocycles. The number of hydrogen-bond donors (Lipinski definition) is 1. The summed E-state index contributed by atoms with van der Waals surface area (Å²) >= 11 is 0. The Morgan fingerprint density at radius 3 is 2.71 bits per heavy atom. The van der Waals surface area contributed by atoms with Crippen LogP contribution in [0.1, 0.15) is 22.9 Å². The fourth-order valence-corrected chi connectivity index (χ4v) is 2.57. The lowest BCUT2D eigenvalue weighted by Gasteiger charge is -2.14. The standard InChI is InChI=1S/C17H16FNO2/c1-10-13-9-11(18)7-8-15(13)21-17(10)16(19)12-5-3-4-6-14(12)20-2/h3-9,16H,19H2,1-2H3. The van der Waals surface area contributed by atoms with Gasteiger partial charge in [0.1, 0.15) is 22.9 Å². The number of ether oxygens (including phenoxy) is 1. The van der Waals surface area contributed by atoms with Crippen molar-refractivity contribution in [1.29, 1.82) is 0 Å². The summed E-state index contributed by atoms with van der Waals surface area (Å²) in [5.41, 5.74) is 8.65. The molecule has 0 amide bonds. The van der Waals surface area contributed by atoms with E-state index in [9.17, 15) is 4.39 Å². The van der Waals surface area contributed by atoms with Gasteiger partial charge >= 0.3 is 0 Å². The molecule has 0 radical (unpaired) electrons. The number of fused-ring (bicyclic) bond motifs is 1. The van der Waals surface area contributed by atoms with Gasteiger partial charge in [0.25, 0.3) is 0 Å². The zero-order valence-corrected chi connectivity index (χ0v) is 11.9. The smallest absolute Gasteiger partial charge is 0.134 e. The summed E-state index contributed by atoms with van der Waals surface area (Å²) in [6, 6.07) is 11.5. The minimum atomic E-state index is -0.461. The molecule has 3 rings (SSSR count). The predicted octanol–water partition coefficient (Wildman–Crippen LogP) is 3.94. The molecule has 3 aromatic rings. The van der Waals surface area contributed by atoms with Gasteiger partial charge in [0.2, 0.25) is 0 Å². The highest BCUT2D eigenvalue weighted by Gasteiger charge is 2.21. The second-order valence-corrected chi connectivity index (χ2v) is 4.95. The van der Waals surface area contributed by atoms with Crippen molar-refractivity contribution >= 4 is 11.0 Å². The van der Waals surface area contributed by atoms with Crippen molar-refractivity contribution in [3.05, 3.63) is 65.2 Å². The van der Waals surface area contributed by atoms with Gasteiger partial charge in [0.15, 0.2) is 0 Å². The third-order valence-electron chi connectivity index (χ3n) is 3.69. The molecule has 0 spiro atoms. The van der Waals surface area contributed by atoms with Crippen molar-refractivity contribution in [2.24, 2.45) is 5.73 Å². The van der Waals surface area contributed by atoms with Crippen LogP contribution in [0.15, 0.2) is 46.9 Å². The molecule has 0 bridgehead atoms. The fraction of sp³-hybridized carbons (Fsp3) is 0.176. The zero-order valence-electron chi connectivity index (χ0n) is 11.9. The Bertz CT molecular complexity index is 795. The van der Waals surface area contributed by atoms with Gasteiger partial charge in [-0.3, -0.25) is 0 Å². The molecule has 2 aromatic carbocycles. The van der Waals surface area contributed by atoms with E-state index < -0.39 is 6.04 Å². The maximum Gasteiger partial charge on any atom is 0.134 e. The second kappa shape index (κ2) is 5.22. The van der Waals surface area contributed by atoms with Gasteiger partial charge in [-0.1, -0.05) is 18.2 Å². The predicted molar refractivity (Wildman–Crippen MR) is 79.9 cm³/mol. The van der Waals surface area contributed by atoms with Crippen molar-refractivity contribution in [2.45, 2.75) is 13.0 Å². The molecule has 1 unspecified atom stereocenters. The number of nitrogens with two attached hydrogens (primary N) is 1. The van der Waals surface area contributed by atoms with Gasteiger partial charge < -0.3 is 14.9 Å². The molecule has 0 aliphatic rings. The highest BCUT2D eigenvalue weighted by Crippen LogP contribution is 2.34. The summed E-state index contributed by atoms with van der Waals surface area (Å²) in [4.78, 5) is 0. The number of halogens is 1. The van der Waals surface area contributed by atoms with Crippen LogP contribution >= 0.6 is 0 Å². The average molecular weight is 285 g/mol. The molecule has 3 nitrogen and oxygen atoms in total. The maximum absolute atomic E-state index is 13.4. The van der Waals surface area contributed by atoms with Crippen LogP contribution in [0.25, 0.3) is 11.0 Å². The van der Waals surface area contributed by atoms with Crippen molar-refractivity contribution in [3.8, 4) is 5.75 Å². The zero-order chi connectivity index (χ0) is 15.0. The molecule has 1 heterocycles. The van der Waals surface area contributed by atoms with E-state index in [1.807, 2.05) is 31.2 Å². The second-order valence-electron chi connectivity index (χ2n) is 4.95. The van der Waals surface area contributed by atoms with Gasteiger partial charge in [-0.2, -0.15) is 0 Å². The van der Waals surface area contributed by atoms with E-state index in [-0.39, 0.29) is 5.82 Å². The van der Waals surface area contributed by atoms with Crippen LogP contribution in [0, 0.1) is 12.7 Å². The van der Waals surface area contributed by atoms with Crippen LogP contribution in [0.4, 0.5) is 4.39 Å². The summed E-state index contributed by atoms with van der Waals surface area (Å²) in [7, 11) is 1.60. The van der Waals surface area contributed by atoms with Crippen LogP contribution in [-0.2, 0) is 0 Å². The third-order valence-corrected chi connectivity index (χ3v) is 3.69. The first-order chi connectivity index (χ1) is 10.1. The van der Waals surface area contributed by atoms with Gasteiger partial charge in [0, 0.05) is 16.5 Å². The SMILES string of the molecule is COc1ccccc1C(N)c1oc2ccc(F)cc2c1C. The quantitative estimate of drug-likeness (QED) is 0.793. The summed E-state index contributed by atoms with van der Waals surface area (Å²) < 4.78 is 24.5. The third kappa shape index (κ3) is 2.28. The van der Waals surface area contributed by atoms with E-state index in [0.717, 1.165) is 16.5 Å². The summed E-state index contributed by atoms with van der Waals surface area (Å²) in [6.45, 7) is 1.88. The molecule has 0 fully saturated rings. The van der Waals surface area contributed by atoms with E-state index >= 15 is 0 Å². The molecule has 0 saturated carbocycles. The lowest BCUT2D eigenvalue weighted by molar-refractivity contribution is 0.404. The van der Waals surface area contributed by atoms with Gasteiger partial charge in [-0.05, 0) is 31.2 Å². The maximum atomic E-state index is 13.4. The molecule has 4 heteroatoms. The van der Waals surface area contributed by atoms with Gasteiger partial charge in [-0.15, -0.1) is 0 Å². The minimum absolute atomic E-state index is 0.288. The number of methoxy groups -OCH3 is 1. The van der Waals surface area contributed by atoms with E-state index in [1.165, 1.54) is 12.1 Å². The van der Waals surface area contributed by atoms with E-state index in [2.05, 4.69) is 0 Å². The van der Waals surface area contributed by atoms with Crippen LogP contribution in [-0.4, -0.2) is 7.11 Å². The summed E-state index contributed by atoms with van der Waals surface area (Å²) in [5.74, 6) is 1.04. The van der Waals surface area contributed by atoms with E-state index in [4.69, 9.17) is 14.9 Å². The lowest BCUT2D eigenvalue weighted by atomic mass is 10.0. The van der Waals surface area contributed by atoms with Crippen molar-refractivity contribution in [3.63, 3.8) is 0 Å². The number of hydrogen-bond acceptors (Lipinski definition) is 3. The Balaban J connectivity index is 2.13. The van der Waals surface area contributed by atoms with Crippen LogP contribution in [0.5, 0.6) is 5.75 Å². The first-order valence-electron chi connectivity index (χ1n) is 6.69. The molecule has 21 heavy (non-hydrogen) atoms. The van der Waals surface area contributed by atoms with Crippen molar-refractivity contribution < 1.29 is 13.5 Å². The molecule has 0 aliphatic heterocycles. The normalized spacial score (nSPS) is 12.6. The topological polar surface area (TPSA) is 48.4 Å². The Labute approximate surface area is 122 Å². The highest BCUT2D eigenvalue weighted by molar-refractivity contribution is 5.82. The Hall–Kier alpha value is -2.33. The van der Waals surface area contributed by atoms with E-state index in [0.29, 0.717) is 17.1 Å². The van der Waals surface area contributed by atoms with Gasteiger partial charge in [-0.25, -0.2) is 4.39 Å². The number of benzene rings is 2. The molecular weight excluding hydrogens is 269 g/mol. The molecular formula is C17H16FNO2. The number of aryl methyl sites for hydroxylation is 1. The van der Waals surface area contributed by atoms with Crippen molar-refractivity contribution in [1.82, 2.24) is 0 Å². The van der Waals surface area contributed by atoms with Gasteiger partial charge in [0.05, 0.1) is 13.2 Å². The highest BCUT2D eigenvalue weighted by atomic mass is 19.1. The Morgan fingerprint density at radius 1 is 1.19 bits per heavy atom. The van der Waals surface area contributed by atoms with Crippen LogP contribution in [0.3, 0.4) is 0 Å². The fourth-order valence-electron chi connectivity index (χ4n) is 2.57. The van der Waals surface area contributed by atoms with Crippen molar-refractivity contribution in [2.75, 3.05) is 7.11 Å². The lowest BCUT2D eigenvalue weighted by Crippen LogP contribution is -2.13. The summed E-state index contributed by atoms with van der Waals surface area (Å²) in [6.07, 6.45) is 0. The van der Waals surface area contributed by atoms with Crippen LogP contribution < -0.4 is 10.5 Å². The van der Waals surface area contributed by atoms with Crippen LogP contribution in [0.2, 0.25) is 0 Å². The molecule has 0 saturated heterocycles. The number of furan rings is 1. The number of rotatable bonds is 3. The first kappa shape index (κ1) is 13.6. The summed E-state index contributed by atoms with van der Waals surface area (Å²) in [5, 5.41) is 0.746. The Kier molecular flexibility index (Phi) is 3.39. The minimum Gasteiger partial charge on any atom is -0.496 e. The largest absolute Gasteiger partial charge is 0.496 e. The average Bonchev–Trinajstić information content (AvgIpc) is 2.83. The first-order valence-corrected chi connectivity index (χ1v) is 6.69. The molecule has 1 atom stereocenters.